The van der Waals surface area contributed by atoms with Gasteiger partial charge in [0.25, 0.3) is 0 Å². The van der Waals surface area contributed by atoms with E-state index in [0.717, 1.165) is 11.1 Å². The standard InChI is InChI=1S/C26H28N4O5/c1-13-10-14(2)22-16(11-13)26(25(34)28-22)21-20(17(29-26)8-9-19(27)31)23(32)30(24(21)33)12-15-6-4-5-7-18(15)35-3/h4-7,10-11,17,20-21,29H,8-9,12H2,1-3H3,(H2,27,31)(H,28,34)/t17-,20+,21-,26+/m0/s1. The molecule has 4 amide bonds. The molecule has 4 atom stereocenters. The lowest BCUT2D eigenvalue weighted by Crippen LogP contribution is -2.53. The van der Waals surface area contributed by atoms with Gasteiger partial charge in [-0.1, -0.05) is 35.9 Å². The molecule has 3 aliphatic rings. The second-order valence-corrected chi connectivity index (χ2v) is 9.60. The molecule has 0 aromatic heterocycles. The molecule has 4 N–H and O–H groups in total. The number of carbonyl (C=O) groups is 4. The Hall–Kier alpha value is -3.72. The van der Waals surface area contributed by atoms with Crippen molar-refractivity contribution in [1.82, 2.24) is 10.2 Å². The summed E-state index contributed by atoms with van der Waals surface area (Å²) in [6.07, 6.45) is 0.277. The number of nitrogens with zero attached hydrogens (tertiary/aromatic N) is 1. The average Bonchev–Trinajstić information content (AvgIpc) is 3.39. The van der Waals surface area contributed by atoms with Crippen LogP contribution in [0, 0.1) is 25.7 Å². The van der Waals surface area contributed by atoms with E-state index >= 15 is 0 Å². The number of imide groups is 1. The number of hydrogen-bond acceptors (Lipinski definition) is 6. The minimum absolute atomic E-state index is 0.0340. The van der Waals surface area contributed by atoms with Crippen molar-refractivity contribution in [2.24, 2.45) is 17.6 Å². The van der Waals surface area contributed by atoms with Crippen LogP contribution in [0.1, 0.15) is 35.1 Å². The Balaban J connectivity index is 1.61. The molecular weight excluding hydrogens is 448 g/mol. The second-order valence-electron chi connectivity index (χ2n) is 9.60. The largest absolute Gasteiger partial charge is 0.496 e. The highest BCUT2D eigenvalue weighted by Crippen LogP contribution is 2.54. The highest BCUT2D eigenvalue weighted by atomic mass is 16.5. The Morgan fingerprint density at radius 3 is 2.60 bits per heavy atom. The topological polar surface area (TPSA) is 131 Å². The zero-order valence-electron chi connectivity index (χ0n) is 19.9. The second kappa shape index (κ2) is 8.20. The van der Waals surface area contributed by atoms with Crippen molar-refractivity contribution in [3.63, 3.8) is 0 Å². The van der Waals surface area contributed by atoms with Crippen molar-refractivity contribution in [2.75, 3.05) is 12.4 Å². The molecule has 2 aromatic rings. The van der Waals surface area contributed by atoms with Gasteiger partial charge in [0, 0.05) is 29.3 Å². The number of anilines is 1. The van der Waals surface area contributed by atoms with Gasteiger partial charge in [0.05, 0.1) is 25.5 Å². The molecule has 2 fully saturated rings. The first-order valence-electron chi connectivity index (χ1n) is 11.6. The lowest BCUT2D eigenvalue weighted by atomic mass is 9.75. The predicted molar refractivity (Wildman–Crippen MR) is 127 cm³/mol. The number of ether oxygens (including phenoxy) is 1. The highest BCUT2D eigenvalue weighted by Gasteiger charge is 2.70. The molecule has 3 heterocycles. The summed E-state index contributed by atoms with van der Waals surface area (Å²) < 4.78 is 5.41. The van der Waals surface area contributed by atoms with E-state index in [1.54, 1.807) is 12.1 Å². The van der Waals surface area contributed by atoms with Gasteiger partial charge in [-0.15, -0.1) is 0 Å². The summed E-state index contributed by atoms with van der Waals surface area (Å²) in [5, 5.41) is 6.29. The molecular formula is C26H28N4O5. The van der Waals surface area contributed by atoms with E-state index in [2.05, 4.69) is 10.6 Å². The molecule has 35 heavy (non-hydrogen) atoms. The van der Waals surface area contributed by atoms with Gasteiger partial charge >= 0.3 is 0 Å². The van der Waals surface area contributed by atoms with Gasteiger partial charge in [-0.2, -0.15) is 0 Å². The van der Waals surface area contributed by atoms with Crippen molar-refractivity contribution < 1.29 is 23.9 Å². The SMILES string of the molecule is COc1ccccc1CN1C(=O)[C@@H]2[C@H](CCC(N)=O)N[C@@]3(C(=O)Nc4c(C)cc(C)cc43)[C@@H]2C1=O. The molecule has 0 saturated carbocycles. The first kappa shape index (κ1) is 23.0. The third-order valence-electron chi connectivity index (χ3n) is 7.48. The van der Waals surface area contributed by atoms with Crippen LogP contribution >= 0.6 is 0 Å². The molecule has 9 nitrogen and oxygen atoms in total. The number of para-hydroxylation sites is 1. The molecule has 0 radical (unpaired) electrons. The van der Waals surface area contributed by atoms with Crippen LogP contribution in [0.15, 0.2) is 36.4 Å². The van der Waals surface area contributed by atoms with Crippen LogP contribution in [-0.4, -0.2) is 41.7 Å². The molecule has 2 saturated heterocycles. The number of nitrogens with one attached hydrogen (secondary N) is 2. The normalized spacial score (nSPS) is 26.8. The van der Waals surface area contributed by atoms with E-state index in [-0.39, 0.29) is 31.2 Å². The predicted octanol–water partition coefficient (Wildman–Crippen LogP) is 1.50. The maximum absolute atomic E-state index is 13.9. The van der Waals surface area contributed by atoms with E-state index in [9.17, 15) is 19.2 Å². The van der Waals surface area contributed by atoms with Crippen LogP contribution in [0.5, 0.6) is 5.75 Å². The lowest BCUT2D eigenvalue weighted by Gasteiger charge is -2.30. The van der Waals surface area contributed by atoms with Crippen molar-refractivity contribution in [2.45, 2.75) is 44.8 Å². The van der Waals surface area contributed by atoms with Crippen molar-refractivity contribution >= 4 is 29.3 Å². The Morgan fingerprint density at radius 2 is 1.89 bits per heavy atom. The van der Waals surface area contributed by atoms with Crippen LogP contribution in [0.3, 0.4) is 0 Å². The van der Waals surface area contributed by atoms with Crippen molar-refractivity contribution in [3.05, 3.63) is 58.7 Å². The smallest absolute Gasteiger partial charge is 0.250 e. The Labute approximate surface area is 203 Å². The van der Waals surface area contributed by atoms with Crippen LogP contribution in [0.2, 0.25) is 0 Å². The van der Waals surface area contributed by atoms with Gasteiger partial charge in [0.1, 0.15) is 11.3 Å². The maximum Gasteiger partial charge on any atom is 0.250 e. The summed E-state index contributed by atoms with van der Waals surface area (Å²) in [6, 6.07) is 10.5. The van der Waals surface area contributed by atoms with E-state index in [1.807, 2.05) is 38.1 Å². The number of hydrogen-bond donors (Lipinski definition) is 3. The molecule has 0 aliphatic carbocycles. The number of carbonyl (C=O) groups excluding carboxylic acids is 4. The van der Waals surface area contributed by atoms with E-state index in [0.29, 0.717) is 22.6 Å². The van der Waals surface area contributed by atoms with Crippen molar-refractivity contribution in [3.8, 4) is 5.75 Å². The number of fused-ring (bicyclic) bond motifs is 4. The Morgan fingerprint density at radius 1 is 1.14 bits per heavy atom. The molecule has 1 spiro atoms. The molecule has 0 bridgehead atoms. The summed E-state index contributed by atoms with van der Waals surface area (Å²) in [7, 11) is 1.53. The van der Waals surface area contributed by atoms with E-state index in [4.69, 9.17) is 10.5 Å². The van der Waals surface area contributed by atoms with Gasteiger partial charge in [-0.25, -0.2) is 0 Å². The molecule has 182 valence electrons. The van der Waals surface area contributed by atoms with E-state index in [1.165, 1.54) is 12.0 Å². The van der Waals surface area contributed by atoms with E-state index < -0.39 is 35.2 Å². The summed E-state index contributed by atoms with van der Waals surface area (Å²) in [4.78, 5) is 54.0. The lowest BCUT2D eigenvalue weighted by molar-refractivity contribution is -0.143. The maximum atomic E-state index is 13.9. The number of primary amides is 1. The Kier molecular flexibility index (Phi) is 5.40. The summed E-state index contributed by atoms with van der Waals surface area (Å²) in [5.74, 6) is -2.82. The fourth-order valence-corrected chi connectivity index (χ4v) is 6.02. The summed E-state index contributed by atoms with van der Waals surface area (Å²) >= 11 is 0. The van der Waals surface area contributed by atoms with Crippen LogP contribution in [0.4, 0.5) is 5.69 Å². The van der Waals surface area contributed by atoms with Gasteiger partial charge in [-0.05, 0) is 31.9 Å². The fraction of sp³-hybridized carbons (Fsp3) is 0.385. The molecule has 0 unspecified atom stereocenters. The van der Waals surface area contributed by atoms with Gasteiger partial charge in [-0.3, -0.25) is 29.4 Å². The van der Waals surface area contributed by atoms with Gasteiger partial charge < -0.3 is 15.8 Å². The van der Waals surface area contributed by atoms with Crippen LogP contribution in [0.25, 0.3) is 0 Å². The number of amides is 4. The van der Waals surface area contributed by atoms with Crippen LogP contribution in [-0.2, 0) is 31.3 Å². The number of methoxy groups -OCH3 is 1. The summed E-state index contributed by atoms with van der Waals surface area (Å²) in [5.41, 5.74) is 7.83. The number of likely N-dealkylation sites (tertiary alicyclic amines) is 1. The van der Waals surface area contributed by atoms with Gasteiger partial charge in [0.2, 0.25) is 23.6 Å². The number of benzene rings is 2. The zero-order valence-corrected chi connectivity index (χ0v) is 19.9. The monoisotopic (exact) mass is 476 g/mol. The van der Waals surface area contributed by atoms with Crippen LogP contribution < -0.4 is 21.1 Å². The molecule has 5 rings (SSSR count). The minimum Gasteiger partial charge on any atom is -0.496 e. The number of aryl methyl sites for hydroxylation is 2. The molecule has 9 heteroatoms. The first-order valence-corrected chi connectivity index (χ1v) is 11.6. The number of nitrogens with two attached hydrogens (primary N) is 1. The zero-order chi connectivity index (χ0) is 25.1. The van der Waals surface area contributed by atoms with Crippen molar-refractivity contribution in [1.29, 1.82) is 0 Å². The molecule has 2 aromatic carbocycles. The number of rotatable bonds is 6. The average molecular weight is 477 g/mol. The highest BCUT2D eigenvalue weighted by molar-refractivity contribution is 6.15. The minimum atomic E-state index is -1.40. The fourth-order valence-electron chi connectivity index (χ4n) is 6.02. The molecule has 3 aliphatic heterocycles. The Bertz CT molecular complexity index is 1270. The summed E-state index contributed by atoms with van der Waals surface area (Å²) in [6.45, 7) is 3.86. The van der Waals surface area contributed by atoms with Gasteiger partial charge in [0.15, 0.2) is 0 Å². The third-order valence-corrected chi connectivity index (χ3v) is 7.48. The third kappa shape index (κ3) is 3.33. The first-order chi connectivity index (χ1) is 16.7. The quantitative estimate of drug-likeness (QED) is 0.542.